The molecule has 3 N–H and O–H groups in total. The molecular formula is C24H24N6O3. The van der Waals surface area contributed by atoms with Gasteiger partial charge >= 0.3 is 0 Å². The van der Waals surface area contributed by atoms with E-state index >= 15 is 0 Å². The van der Waals surface area contributed by atoms with Crippen LogP contribution >= 0.6 is 0 Å². The van der Waals surface area contributed by atoms with Gasteiger partial charge in [0.2, 0.25) is 0 Å². The lowest BCUT2D eigenvalue weighted by molar-refractivity contribution is 0.0303. The molecule has 2 aliphatic rings. The molecule has 5 rings (SSSR count). The van der Waals surface area contributed by atoms with Crippen LogP contribution in [0.1, 0.15) is 32.1 Å². The van der Waals surface area contributed by atoms with Gasteiger partial charge in [-0.15, -0.1) is 0 Å². The minimum Gasteiger partial charge on any atom is -0.378 e. The van der Waals surface area contributed by atoms with Gasteiger partial charge in [0.1, 0.15) is 0 Å². The molecule has 3 aromatic rings. The largest absolute Gasteiger partial charge is 0.378 e. The average Bonchev–Trinajstić information content (AvgIpc) is 3.31. The molecule has 168 valence electrons. The number of amides is 2. The fourth-order valence-corrected chi connectivity index (χ4v) is 3.94. The highest BCUT2D eigenvalue weighted by molar-refractivity contribution is 5.98. The first kappa shape index (κ1) is 20.9. The maximum Gasteiger partial charge on any atom is 0.254 e. The molecule has 0 unspecified atom stereocenters. The first-order valence-electron chi connectivity index (χ1n) is 10.9. The van der Waals surface area contributed by atoms with E-state index in [2.05, 4.69) is 25.8 Å². The Morgan fingerprint density at radius 1 is 1.15 bits per heavy atom. The monoisotopic (exact) mass is 444 g/mol. The SMILES string of the molecule is O=C1NCCc2[nH]c(-c3ccnc(C=NNc4ccc(C(=O)N5CCOCC5)cc4)c3)cc21. The molecule has 2 aliphatic heterocycles. The number of benzene rings is 1. The van der Waals surface area contributed by atoms with Gasteiger partial charge in [0.25, 0.3) is 11.8 Å². The third-order valence-electron chi connectivity index (χ3n) is 5.72. The lowest BCUT2D eigenvalue weighted by Gasteiger charge is -2.26. The summed E-state index contributed by atoms with van der Waals surface area (Å²) in [6.45, 7) is 3.04. The summed E-state index contributed by atoms with van der Waals surface area (Å²) < 4.78 is 5.30. The third kappa shape index (κ3) is 4.63. The van der Waals surface area contributed by atoms with Gasteiger partial charge in [0, 0.05) is 54.8 Å². The second-order valence-corrected chi connectivity index (χ2v) is 7.90. The van der Waals surface area contributed by atoms with Crippen LogP contribution < -0.4 is 10.7 Å². The zero-order valence-corrected chi connectivity index (χ0v) is 18.0. The van der Waals surface area contributed by atoms with Crippen molar-refractivity contribution in [2.24, 2.45) is 5.10 Å². The molecule has 0 atom stereocenters. The molecule has 1 aromatic carbocycles. The summed E-state index contributed by atoms with van der Waals surface area (Å²) in [5.74, 6) is -0.0331. The van der Waals surface area contributed by atoms with Gasteiger partial charge in [-0.25, -0.2) is 0 Å². The van der Waals surface area contributed by atoms with Crippen LogP contribution in [0.15, 0.2) is 53.8 Å². The Balaban J connectivity index is 1.23. The summed E-state index contributed by atoms with van der Waals surface area (Å²) in [5.41, 5.74) is 8.51. The van der Waals surface area contributed by atoms with E-state index in [9.17, 15) is 9.59 Å². The number of nitrogens with one attached hydrogen (secondary N) is 3. The Bertz CT molecular complexity index is 1200. The molecule has 0 spiro atoms. The summed E-state index contributed by atoms with van der Waals surface area (Å²) in [6, 6.07) is 12.9. The number of anilines is 1. The van der Waals surface area contributed by atoms with E-state index in [4.69, 9.17) is 4.74 Å². The van der Waals surface area contributed by atoms with Crippen molar-refractivity contribution < 1.29 is 14.3 Å². The molecule has 4 heterocycles. The van der Waals surface area contributed by atoms with Crippen LogP contribution in [0.3, 0.4) is 0 Å². The Labute approximate surface area is 190 Å². The number of hydrazone groups is 1. The maximum absolute atomic E-state index is 12.5. The van der Waals surface area contributed by atoms with Crippen LogP contribution in [0, 0.1) is 0 Å². The van der Waals surface area contributed by atoms with Crippen molar-refractivity contribution in [3.63, 3.8) is 0 Å². The first-order chi connectivity index (χ1) is 16.2. The van der Waals surface area contributed by atoms with Gasteiger partial charge in [0.05, 0.1) is 36.4 Å². The summed E-state index contributed by atoms with van der Waals surface area (Å²) in [6.07, 6.45) is 4.13. The Hall–Kier alpha value is -3.98. The quantitative estimate of drug-likeness (QED) is 0.413. The first-order valence-corrected chi connectivity index (χ1v) is 10.9. The molecule has 9 heteroatoms. The normalized spacial score (nSPS) is 15.9. The molecule has 1 fully saturated rings. The predicted molar refractivity (Wildman–Crippen MR) is 124 cm³/mol. The number of hydrogen-bond acceptors (Lipinski definition) is 6. The van der Waals surface area contributed by atoms with Gasteiger partial charge in [0.15, 0.2) is 0 Å². The van der Waals surface area contributed by atoms with E-state index < -0.39 is 0 Å². The lowest BCUT2D eigenvalue weighted by Crippen LogP contribution is -2.40. The molecular weight excluding hydrogens is 420 g/mol. The van der Waals surface area contributed by atoms with E-state index in [0.29, 0.717) is 49.7 Å². The second kappa shape index (κ2) is 9.25. The van der Waals surface area contributed by atoms with E-state index in [-0.39, 0.29) is 11.8 Å². The number of aromatic amines is 1. The molecule has 0 radical (unpaired) electrons. The number of H-pyrrole nitrogens is 1. The number of carbonyl (C=O) groups excluding carboxylic acids is 2. The van der Waals surface area contributed by atoms with Gasteiger partial charge < -0.3 is 19.9 Å². The Kier molecular flexibility index (Phi) is 5.86. The highest BCUT2D eigenvalue weighted by atomic mass is 16.5. The lowest BCUT2D eigenvalue weighted by atomic mass is 10.1. The smallest absolute Gasteiger partial charge is 0.254 e. The summed E-state index contributed by atoms with van der Waals surface area (Å²) in [4.78, 5) is 34.0. The average molecular weight is 444 g/mol. The number of morpholine rings is 1. The number of fused-ring (bicyclic) bond motifs is 1. The summed E-state index contributed by atoms with van der Waals surface area (Å²) >= 11 is 0. The van der Waals surface area contributed by atoms with Gasteiger partial charge in [-0.2, -0.15) is 5.10 Å². The van der Waals surface area contributed by atoms with E-state index in [1.807, 2.05) is 30.3 Å². The third-order valence-corrected chi connectivity index (χ3v) is 5.72. The number of pyridine rings is 1. The molecule has 0 bridgehead atoms. The van der Waals surface area contributed by atoms with Crippen LogP contribution in [-0.4, -0.2) is 65.7 Å². The highest BCUT2D eigenvalue weighted by Crippen LogP contribution is 2.24. The van der Waals surface area contributed by atoms with E-state index in [1.54, 1.807) is 29.4 Å². The van der Waals surface area contributed by atoms with Crippen molar-refractivity contribution in [3.05, 3.63) is 71.2 Å². The van der Waals surface area contributed by atoms with Gasteiger partial charge in [-0.1, -0.05) is 0 Å². The predicted octanol–water partition coefficient (Wildman–Crippen LogP) is 2.28. The molecule has 2 amide bonds. The van der Waals surface area contributed by atoms with Gasteiger partial charge in [-0.3, -0.25) is 20.0 Å². The Morgan fingerprint density at radius 3 is 2.76 bits per heavy atom. The topological polar surface area (TPSA) is 112 Å². The highest BCUT2D eigenvalue weighted by Gasteiger charge is 2.20. The van der Waals surface area contributed by atoms with Crippen molar-refractivity contribution in [2.45, 2.75) is 6.42 Å². The molecule has 0 saturated carbocycles. The standard InChI is InChI=1S/C24H24N6O3/c31-23-20-14-22(28-21(20)6-8-26-23)17-5-7-25-19(13-17)15-27-29-18-3-1-16(2-4-18)24(32)30-9-11-33-12-10-30/h1-5,7,13-15,28-29H,6,8-12H2,(H,26,31). The van der Waals surface area contributed by atoms with Crippen LogP contribution in [0.5, 0.6) is 0 Å². The van der Waals surface area contributed by atoms with Crippen molar-refractivity contribution >= 4 is 23.7 Å². The van der Waals surface area contributed by atoms with Crippen molar-refractivity contribution in [1.82, 2.24) is 20.2 Å². The molecule has 1 saturated heterocycles. The minimum absolute atomic E-state index is 0.0119. The minimum atomic E-state index is -0.0449. The van der Waals surface area contributed by atoms with Crippen molar-refractivity contribution in [1.29, 1.82) is 0 Å². The van der Waals surface area contributed by atoms with Crippen LogP contribution in [-0.2, 0) is 11.2 Å². The molecule has 0 aliphatic carbocycles. The zero-order valence-electron chi connectivity index (χ0n) is 18.0. The van der Waals surface area contributed by atoms with Crippen molar-refractivity contribution in [2.75, 3.05) is 38.3 Å². The van der Waals surface area contributed by atoms with Crippen molar-refractivity contribution in [3.8, 4) is 11.3 Å². The molecule has 9 nitrogen and oxygen atoms in total. The second-order valence-electron chi connectivity index (χ2n) is 7.90. The molecule has 33 heavy (non-hydrogen) atoms. The number of nitrogens with zero attached hydrogens (tertiary/aromatic N) is 3. The van der Waals surface area contributed by atoms with E-state index in [0.717, 1.165) is 29.1 Å². The Morgan fingerprint density at radius 2 is 1.97 bits per heavy atom. The number of aromatic nitrogens is 2. The number of hydrogen-bond donors (Lipinski definition) is 3. The zero-order chi connectivity index (χ0) is 22.6. The van der Waals surface area contributed by atoms with Crippen LogP contribution in [0.2, 0.25) is 0 Å². The fourth-order valence-electron chi connectivity index (χ4n) is 3.94. The van der Waals surface area contributed by atoms with Crippen LogP contribution in [0.4, 0.5) is 5.69 Å². The van der Waals surface area contributed by atoms with Gasteiger partial charge in [-0.05, 0) is 42.5 Å². The summed E-state index contributed by atoms with van der Waals surface area (Å²) in [5, 5.41) is 7.12. The number of ether oxygens (including phenoxy) is 1. The maximum atomic E-state index is 12.5. The number of carbonyl (C=O) groups is 2. The molecule has 2 aromatic heterocycles. The number of rotatable bonds is 5. The summed E-state index contributed by atoms with van der Waals surface area (Å²) in [7, 11) is 0. The van der Waals surface area contributed by atoms with E-state index in [1.165, 1.54) is 0 Å². The van der Waals surface area contributed by atoms with Crippen LogP contribution in [0.25, 0.3) is 11.3 Å². The fraction of sp³-hybridized carbons (Fsp3) is 0.250.